The maximum atomic E-state index is 13.3. The Morgan fingerprint density at radius 1 is 0.947 bits per heavy atom. The van der Waals surface area contributed by atoms with Crippen LogP contribution >= 0.6 is 0 Å². The third-order valence-electron chi connectivity index (χ3n) is 10.8. The van der Waals surface area contributed by atoms with Crippen LogP contribution in [0.4, 0.5) is 0 Å². The molecule has 2 aromatic carbocycles. The number of Topliss-reactive ketones (excluding diaryl/α,β-unsaturated/α-hetero) is 1. The average Bonchev–Trinajstić information content (AvgIpc) is 3.51. The molecule has 3 saturated carbocycles. The first-order valence-corrected chi connectivity index (χ1v) is 16.0. The van der Waals surface area contributed by atoms with Gasteiger partial charge in [-0.15, -0.1) is 0 Å². The lowest BCUT2D eigenvalue weighted by molar-refractivity contribution is -0.176. The molecule has 0 amide bonds. The maximum absolute atomic E-state index is 13.3. The van der Waals surface area contributed by atoms with E-state index in [4.69, 9.17) is 9.47 Å². The van der Waals surface area contributed by atoms with E-state index in [1.54, 1.807) is 11.8 Å². The van der Waals surface area contributed by atoms with Crippen LogP contribution in [0.15, 0.2) is 65.1 Å². The van der Waals surface area contributed by atoms with E-state index in [2.05, 4.69) is 49.4 Å². The monoisotopic (exact) mass is 530 g/mol. The number of ether oxygens (including phenoxy) is 2. The van der Waals surface area contributed by atoms with Crippen LogP contribution in [0.2, 0.25) is 0 Å². The minimum atomic E-state index is -0.968. The van der Waals surface area contributed by atoms with Gasteiger partial charge >= 0.3 is 0 Å². The molecular weight excluding hydrogens is 492 g/mol. The van der Waals surface area contributed by atoms with Gasteiger partial charge in [-0.2, -0.15) is 0 Å². The zero-order valence-electron chi connectivity index (χ0n) is 22.5. The highest BCUT2D eigenvalue weighted by Crippen LogP contribution is 2.65. The van der Waals surface area contributed by atoms with Crippen molar-refractivity contribution in [2.24, 2.45) is 29.1 Å². The van der Waals surface area contributed by atoms with E-state index in [0.717, 1.165) is 55.4 Å². The molecule has 4 nitrogen and oxygen atoms in total. The molecule has 38 heavy (non-hydrogen) atoms. The Morgan fingerprint density at radius 3 is 2.32 bits per heavy atom. The fourth-order valence-corrected chi connectivity index (χ4v) is 9.52. The van der Waals surface area contributed by atoms with Crippen molar-refractivity contribution >= 4 is 17.0 Å². The van der Waals surface area contributed by atoms with Gasteiger partial charge in [-0.05, 0) is 107 Å². The van der Waals surface area contributed by atoms with Crippen molar-refractivity contribution in [3.63, 3.8) is 0 Å². The second kappa shape index (κ2) is 9.33. The van der Waals surface area contributed by atoms with E-state index in [-0.39, 0.29) is 5.41 Å². The van der Waals surface area contributed by atoms with Crippen LogP contribution in [0.5, 0.6) is 0 Å². The SMILES string of the molecule is C[S+]([O-])c1ccc(-c2ccc([C@H]3C[C@]4(C)C(=O)CC[C@H]4[C@@H]4CC=C5CC6(CC[C@@H]5[C@H]43)OCCO6)cc2)cc1. The molecule has 0 bridgehead atoms. The number of fused-ring (bicyclic) bond motifs is 5. The molecule has 1 aliphatic heterocycles. The number of benzene rings is 2. The van der Waals surface area contributed by atoms with Gasteiger partial charge in [0, 0.05) is 24.7 Å². The zero-order chi connectivity index (χ0) is 26.1. The Kier molecular flexibility index (Phi) is 6.16. The fraction of sp³-hybridized carbons (Fsp3) is 0.545. The van der Waals surface area contributed by atoms with E-state index < -0.39 is 17.0 Å². The van der Waals surface area contributed by atoms with Crippen molar-refractivity contribution in [2.75, 3.05) is 19.5 Å². The van der Waals surface area contributed by atoms with Gasteiger partial charge in [0.15, 0.2) is 10.7 Å². The highest BCUT2D eigenvalue weighted by atomic mass is 32.2. The normalized spacial score (nSPS) is 36.3. The Bertz CT molecular complexity index is 1240. The molecule has 1 saturated heterocycles. The quantitative estimate of drug-likeness (QED) is 0.329. The number of hydrogen-bond donors (Lipinski definition) is 0. The first kappa shape index (κ1) is 25.1. The topological polar surface area (TPSA) is 58.6 Å². The summed E-state index contributed by atoms with van der Waals surface area (Å²) in [5.41, 5.74) is 5.04. The molecule has 7 atom stereocenters. The Labute approximate surface area is 229 Å². The lowest BCUT2D eigenvalue weighted by Crippen LogP contribution is -2.51. The Hall–Kier alpha value is -1.92. The highest BCUT2D eigenvalue weighted by Gasteiger charge is 2.60. The third kappa shape index (κ3) is 3.96. The van der Waals surface area contributed by atoms with Crippen molar-refractivity contribution < 1.29 is 18.8 Å². The number of carbonyl (C=O) groups is 1. The molecule has 200 valence electrons. The fourth-order valence-electron chi connectivity index (χ4n) is 9.00. The van der Waals surface area contributed by atoms with Crippen molar-refractivity contribution in [2.45, 2.75) is 68.5 Å². The molecule has 0 aromatic heterocycles. The van der Waals surface area contributed by atoms with Gasteiger partial charge in [-0.25, -0.2) is 0 Å². The molecular formula is C33H38O4S. The van der Waals surface area contributed by atoms with E-state index >= 15 is 0 Å². The van der Waals surface area contributed by atoms with Gasteiger partial charge in [0.25, 0.3) is 0 Å². The van der Waals surface area contributed by atoms with Crippen LogP contribution in [0.1, 0.15) is 63.4 Å². The molecule has 1 heterocycles. The van der Waals surface area contributed by atoms with Gasteiger partial charge in [0.05, 0.1) is 13.2 Å². The predicted molar refractivity (Wildman–Crippen MR) is 149 cm³/mol. The highest BCUT2D eigenvalue weighted by molar-refractivity contribution is 7.90. The number of rotatable bonds is 3. The molecule has 4 fully saturated rings. The lowest BCUT2D eigenvalue weighted by atomic mass is 9.48. The molecule has 5 aliphatic rings. The predicted octanol–water partition coefficient (Wildman–Crippen LogP) is 6.67. The number of ketones is 1. The van der Waals surface area contributed by atoms with Gasteiger partial charge in [0.2, 0.25) is 0 Å². The minimum absolute atomic E-state index is 0.199. The maximum Gasteiger partial charge on any atom is 0.172 e. The summed E-state index contributed by atoms with van der Waals surface area (Å²) in [5.74, 6) is 2.68. The summed E-state index contributed by atoms with van der Waals surface area (Å²) in [6.45, 7) is 3.69. The second-order valence-corrected chi connectivity index (χ2v) is 14.0. The summed E-state index contributed by atoms with van der Waals surface area (Å²) in [4.78, 5) is 14.1. The second-order valence-electron chi connectivity index (χ2n) is 12.6. The first-order valence-electron chi connectivity index (χ1n) is 14.4. The van der Waals surface area contributed by atoms with E-state index in [9.17, 15) is 9.35 Å². The molecule has 7 rings (SSSR count). The molecule has 0 radical (unpaired) electrons. The van der Waals surface area contributed by atoms with Crippen LogP contribution in [-0.4, -0.2) is 35.6 Å². The van der Waals surface area contributed by atoms with Crippen molar-refractivity contribution in [3.8, 4) is 11.1 Å². The number of hydrogen-bond acceptors (Lipinski definition) is 4. The van der Waals surface area contributed by atoms with Crippen LogP contribution in [0.3, 0.4) is 0 Å². The summed E-state index contributed by atoms with van der Waals surface area (Å²) in [6, 6.07) is 17.2. The number of allylic oxidation sites excluding steroid dienone is 1. The standard InChI is InChI=1S/C33H38O4S/c1-32-20-28(23-5-3-21(4-6-23)22-7-10-25(11-8-22)38(2)35)31-26-15-16-33(36-17-18-37-33)19-24(26)9-12-27(31)29(32)13-14-30(32)34/h3-11,26-29,31H,12-20H2,1-2H3/t26-,27-,28+,29-,31+,32-,38?/m0/s1. The largest absolute Gasteiger partial charge is 0.612 e. The van der Waals surface area contributed by atoms with Gasteiger partial charge in [-0.3, -0.25) is 4.79 Å². The van der Waals surface area contributed by atoms with Gasteiger partial charge in [-0.1, -0.05) is 42.8 Å². The van der Waals surface area contributed by atoms with Crippen LogP contribution < -0.4 is 0 Å². The molecule has 1 spiro atoms. The van der Waals surface area contributed by atoms with Gasteiger partial charge in [0.1, 0.15) is 12.0 Å². The smallest absolute Gasteiger partial charge is 0.172 e. The van der Waals surface area contributed by atoms with Crippen molar-refractivity contribution in [3.05, 3.63) is 65.7 Å². The first-order chi connectivity index (χ1) is 18.4. The van der Waals surface area contributed by atoms with Crippen LogP contribution in [-0.2, 0) is 25.4 Å². The molecule has 2 aromatic rings. The van der Waals surface area contributed by atoms with Crippen LogP contribution in [0.25, 0.3) is 11.1 Å². The van der Waals surface area contributed by atoms with E-state index in [0.29, 0.717) is 48.6 Å². The Balaban J connectivity index is 1.22. The van der Waals surface area contributed by atoms with Gasteiger partial charge < -0.3 is 14.0 Å². The zero-order valence-corrected chi connectivity index (χ0v) is 23.3. The number of carbonyl (C=O) groups excluding carboxylic acids is 1. The third-order valence-corrected chi connectivity index (χ3v) is 11.8. The summed E-state index contributed by atoms with van der Waals surface area (Å²) in [7, 11) is 0. The van der Waals surface area contributed by atoms with Crippen molar-refractivity contribution in [1.82, 2.24) is 0 Å². The summed E-state index contributed by atoms with van der Waals surface area (Å²) in [6.07, 6.45) is 11.1. The molecule has 4 aliphatic carbocycles. The van der Waals surface area contributed by atoms with Crippen LogP contribution in [0, 0.1) is 29.1 Å². The summed E-state index contributed by atoms with van der Waals surface area (Å²) in [5, 5.41) is 0. The molecule has 5 heteroatoms. The summed E-state index contributed by atoms with van der Waals surface area (Å²) >= 11 is -0.968. The molecule has 0 N–H and O–H groups in total. The Morgan fingerprint density at radius 2 is 1.63 bits per heavy atom. The van der Waals surface area contributed by atoms with E-state index in [1.165, 1.54) is 11.1 Å². The molecule has 1 unspecified atom stereocenters. The lowest BCUT2D eigenvalue weighted by Gasteiger charge is -2.56. The summed E-state index contributed by atoms with van der Waals surface area (Å²) < 4.78 is 24.1. The average molecular weight is 531 g/mol. The minimum Gasteiger partial charge on any atom is -0.612 e. The van der Waals surface area contributed by atoms with Crippen molar-refractivity contribution in [1.29, 1.82) is 0 Å². The van der Waals surface area contributed by atoms with E-state index in [1.807, 2.05) is 12.1 Å².